The number of carbonyl (C=O) groups excluding carboxylic acids is 3. The molecule has 1 atom stereocenters. The van der Waals surface area contributed by atoms with E-state index in [1.807, 2.05) is 24.3 Å². The van der Waals surface area contributed by atoms with Crippen LogP contribution in [-0.4, -0.2) is 47.4 Å². The zero-order chi connectivity index (χ0) is 22.4. The van der Waals surface area contributed by atoms with Crippen LogP contribution in [0.3, 0.4) is 0 Å². The van der Waals surface area contributed by atoms with Crippen molar-refractivity contribution in [3.63, 3.8) is 0 Å². The Kier molecular flexibility index (Phi) is 7.59. The maximum Gasteiger partial charge on any atom is 0.308 e. The lowest BCUT2D eigenvalue weighted by atomic mass is 10.2. The van der Waals surface area contributed by atoms with E-state index in [9.17, 15) is 14.4 Å². The summed E-state index contributed by atoms with van der Waals surface area (Å²) in [6.45, 7) is 1.96. The van der Waals surface area contributed by atoms with Gasteiger partial charge in [-0.15, -0.1) is 11.3 Å². The Balaban J connectivity index is 1.43. The van der Waals surface area contributed by atoms with E-state index in [1.54, 1.807) is 31.3 Å². The van der Waals surface area contributed by atoms with Crippen molar-refractivity contribution in [3.05, 3.63) is 64.1 Å². The third-order valence-electron chi connectivity index (χ3n) is 4.46. The molecular formula is C22H22ClN3O4S. The van der Waals surface area contributed by atoms with E-state index < -0.39 is 12.1 Å². The van der Waals surface area contributed by atoms with Crippen molar-refractivity contribution in [1.82, 2.24) is 15.2 Å². The number of aromatic nitrogens is 1. The maximum absolute atomic E-state index is 12.5. The number of rotatable bonds is 8. The van der Waals surface area contributed by atoms with Gasteiger partial charge in [-0.25, -0.2) is 4.98 Å². The minimum atomic E-state index is -0.932. The lowest BCUT2D eigenvalue weighted by molar-refractivity contribution is -0.158. The Labute approximate surface area is 189 Å². The molecule has 0 aliphatic carbocycles. The molecule has 7 nitrogen and oxygen atoms in total. The van der Waals surface area contributed by atoms with E-state index >= 15 is 0 Å². The van der Waals surface area contributed by atoms with Crippen LogP contribution in [0.15, 0.2) is 48.5 Å². The molecule has 0 aliphatic heterocycles. The highest BCUT2D eigenvalue weighted by atomic mass is 35.5. The highest BCUT2D eigenvalue weighted by Gasteiger charge is 2.22. The Morgan fingerprint density at radius 2 is 1.87 bits per heavy atom. The molecule has 0 radical (unpaired) electrons. The van der Waals surface area contributed by atoms with Gasteiger partial charge in [-0.3, -0.25) is 14.4 Å². The van der Waals surface area contributed by atoms with Crippen LogP contribution in [0.4, 0.5) is 0 Å². The molecule has 1 heterocycles. The van der Waals surface area contributed by atoms with Crippen molar-refractivity contribution < 1.29 is 19.1 Å². The van der Waals surface area contributed by atoms with E-state index in [1.165, 1.54) is 23.2 Å². The predicted molar refractivity (Wildman–Crippen MR) is 120 cm³/mol. The van der Waals surface area contributed by atoms with Gasteiger partial charge in [-0.1, -0.05) is 23.7 Å². The van der Waals surface area contributed by atoms with Crippen LogP contribution in [0.2, 0.25) is 5.02 Å². The average Bonchev–Trinajstić information content (AvgIpc) is 3.15. The molecule has 0 spiro atoms. The van der Waals surface area contributed by atoms with Crippen molar-refractivity contribution in [2.24, 2.45) is 0 Å². The lowest BCUT2D eigenvalue weighted by Gasteiger charge is -2.20. The average molecular weight is 460 g/mol. The van der Waals surface area contributed by atoms with Crippen LogP contribution in [0.25, 0.3) is 10.2 Å². The standard InChI is InChI=1S/C22H22ClN3O4S/c1-14(22(29)26(2)13-19-25-17-5-3-4-6-18(17)31-19)30-20(27)11-12-24-21(28)15-7-9-16(23)10-8-15/h3-10,14H,11-13H2,1-2H3,(H,24,28). The second-order valence-corrected chi connectivity index (χ2v) is 8.47. The van der Waals surface area contributed by atoms with Crippen LogP contribution >= 0.6 is 22.9 Å². The second kappa shape index (κ2) is 10.4. The second-order valence-electron chi connectivity index (χ2n) is 6.91. The Bertz CT molecular complexity index is 1050. The fourth-order valence-electron chi connectivity index (χ4n) is 2.87. The van der Waals surface area contributed by atoms with Gasteiger partial charge in [0.1, 0.15) is 5.01 Å². The number of thiazole rings is 1. The molecule has 31 heavy (non-hydrogen) atoms. The van der Waals surface area contributed by atoms with E-state index in [0.29, 0.717) is 17.1 Å². The quantitative estimate of drug-likeness (QED) is 0.519. The Hall–Kier alpha value is -2.97. The number of amides is 2. The van der Waals surface area contributed by atoms with Crippen LogP contribution in [0.5, 0.6) is 0 Å². The predicted octanol–water partition coefficient (Wildman–Crippen LogP) is 3.66. The van der Waals surface area contributed by atoms with Gasteiger partial charge < -0.3 is 15.0 Å². The Morgan fingerprint density at radius 1 is 1.16 bits per heavy atom. The summed E-state index contributed by atoms with van der Waals surface area (Å²) in [6, 6.07) is 14.2. The van der Waals surface area contributed by atoms with Gasteiger partial charge in [0.25, 0.3) is 11.8 Å². The SMILES string of the molecule is CC(OC(=O)CCNC(=O)c1ccc(Cl)cc1)C(=O)N(C)Cc1nc2ccccc2s1. The van der Waals surface area contributed by atoms with E-state index in [0.717, 1.165) is 15.2 Å². The summed E-state index contributed by atoms with van der Waals surface area (Å²) in [6.07, 6.45) is -0.975. The highest BCUT2D eigenvalue weighted by Crippen LogP contribution is 2.22. The minimum absolute atomic E-state index is 0.0431. The van der Waals surface area contributed by atoms with Gasteiger partial charge in [-0.05, 0) is 43.3 Å². The summed E-state index contributed by atoms with van der Waals surface area (Å²) in [5, 5.41) is 3.97. The first-order valence-corrected chi connectivity index (χ1v) is 10.9. The first-order valence-electron chi connectivity index (χ1n) is 9.66. The van der Waals surface area contributed by atoms with Crippen LogP contribution < -0.4 is 5.32 Å². The van der Waals surface area contributed by atoms with E-state index in [-0.39, 0.29) is 24.8 Å². The van der Waals surface area contributed by atoms with Gasteiger partial charge in [0.2, 0.25) is 0 Å². The summed E-state index contributed by atoms with van der Waals surface area (Å²) in [7, 11) is 1.64. The molecule has 162 valence electrons. The zero-order valence-electron chi connectivity index (χ0n) is 17.1. The van der Waals surface area contributed by atoms with Crippen LogP contribution in [-0.2, 0) is 20.9 Å². The first-order chi connectivity index (χ1) is 14.8. The minimum Gasteiger partial charge on any atom is -0.452 e. The smallest absolute Gasteiger partial charge is 0.308 e. The summed E-state index contributed by atoms with van der Waals surface area (Å²) >= 11 is 7.32. The molecule has 0 saturated heterocycles. The summed E-state index contributed by atoms with van der Waals surface area (Å²) in [5.74, 6) is -1.20. The van der Waals surface area contributed by atoms with Gasteiger partial charge >= 0.3 is 5.97 Å². The molecule has 0 bridgehead atoms. The molecule has 2 amide bonds. The highest BCUT2D eigenvalue weighted by molar-refractivity contribution is 7.18. The molecule has 3 rings (SSSR count). The maximum atomic E-state index is 12.5. The topological polar surface area (TPSA) is 88.6 Å². The number of nitrogens with one attached hydrogen (secondary N) is 1. The summed E-state index contributed by atoms with van der Waals surface area (Å²) < 4.78 is 6.27. The van der Waals surface area contributed by atoms with Crippen molar-refractivity contribution in [1.29, 1.82) is 0 Å². The zero-order valence-corrected chi connectivity index (χ0v) is 18.7. The van der Waals surface area contributed by atoms with Gasteiger partial charge in [-0.2, -0.15) is 0 Å². The summed E-state index contributed by atoms with van der Waals surface area (Å²) in [4.78, 5) is 42.6. The number of likely N-dealkylation sites (N-methyl/N-ethyl adjacent to an activating group) is 1. The van der Waals surface area contributed by atoms with Gasteiger partial charge in [0.05, 0.1) is 23.2 Å². The molecular weight excluding hydrogens is 438 g/mol. The Morgan fingerprint density at radius 3 is 2.58 bits per heavy atom. The number of nitrogens with zero attached hydrogens (tertiary/aromatic N) is 2. The molecule has 0 aliphatic rings. The monoisotopic (exact) mass is 459 g/mol. The molecule has 3 aromatic rings. The number of esters is 1. The van der Waals surface area contributed by atoms with E-state index in [4.69, 9.17) is 16.3 Å². The number of hydrogen-bond donors (Lipinski definition) is 1. The summed E-state index contributed by atoms with van der Waals surface area (Å²) in [5.41, 5.74) is 1.33. The molecule has 1 N–H and O–H groups in total. The lowest BCUT2D eigenvalue weighted by Crippen LogP contribution is -2.37. The third-order valence-corrected chi connectivity index (χ3v) is 5.74. The third kappa shape index (κ3) is 6.26. The molecule has 1 unspecified atom stereocenters. The van der Waals surface area contributed by atoms with Crippen molar-refractivity contribution in [3.8, 4) is 0 Å². The molecule has 1 aromatic heterocycles. The first kappa shape index (κ1) is 22.7. The fraction of sp³-hybridized carbons (Fsp3) is 0.273. The molecule has 9 heteroatoms. The number of ether oxygens (including phenoxy) is 1. The van der Waals surface area contributed by atoms with Crippen LogP contribution in [0, 0.1) is 0 Å². The number of halogens is 1. The molecule has 2 aromatic carbocycles. The van der Waals surface area contributed by atoms with Gasteiger partial charge in [0.15, 0.2) is 6.10 Å². The largest absolute Gasteiger partial charge is 0.452 e. The number of hydrogen-bond acceptors (Lipinski definition) is 6. The van der Waals surface area contributed by atoms with Crippen LogP contribution in [0.1, 0.15) is 28.7 Å². The van der Waals surface area contributed by atoms with Gasteiger partial charge in [0, 0.05) is 24.2 Å². The van der Waals surface area contributed by atoms with Crippen molar-refractivity contribution >= 4 is 50.9 Å². The van der Waals surface area contributed by atoms with E-state index in [2.05, 4.69) is 10.3 Å². The number of para-hydroxylation sites is 1. The number of benzene rings is 2. The van der Waals surface area contributed by atoms with Crippen molar-refractivity contribution in [2.45, 2.75) is 26.0 Å². The fourth-order valence-corrected chi connectivity index (χ4v) is 4.01. The normalized spacial score (nSPS) is 11.7. The molecule has 0 fully saturated rings. The number of fused-ring (bicyclic) bond motifs is 1. The molecule has 0 saturated carbocycles. The van der Waals surface area contributed by atoms with Crippen molar-refractivity contribution in [2.75, 3.05) is 13.6 Å². The number of carbonyl (C=O) groups is 3.